The molecule has 2 heterocycles. The summed E-state index contributed by atoms with van der Waals surface area (Å²) in [5.74, 6) is 0.471. The normalized spacial score (nSPS) is 14.6. The Morgan fingerprint density at radius 3 is 2.62 bits per heavy atom. The van der Waals surface area contributed by atoms with Crippen molar-refractivity contribution < 1.29 is 13.2 Å². The number of carbonyl (C=O) groups excluding carboxylic acids is 1. The van der Waals surface area contributed by atoms with Crippen LogP contribution >= 0.6 is 0 Å². The van der Waals surface area contributed by atoms with Crippen LogP contribution in [-0.2, 0) is 16.6 Å². The van der Waals surface area contributed by atoms with Crippen LogP contribution in [0.1, 0.15) is 41.5 Å². The highest BCUT2D eigenvalue weighted by Gasteiger charge is 2.18. The van der Waals surface area contributed by atoms with Crippen LogP contribution in [0.3, 0.4) is 0 Å². The first-order valence-corrected chi connectivity index (χ1v) is 10.0. The summed E-state index contributed by atoms with van der Waals surface area (Å²) in [7, 11) is -3.74. The van der Waals surface area contributed by atoms with Crippen molar-refractivity contribution in [2.45, 2.75) is 38.1 Å². The molecule has 1 fully saturated rings. The van der Waals surface area contributed by atoms with Crippen molar-refractivity contribution in [2.75, 3.05) is 18.0 Å². The van der Waals surface area contributed by atoms with E-state index in [9.17, 15) is 13.2 Å². The van der Waals surface area contributed by atoms with Crippen LogP contribution in [0.25, 0.3) is 0 Å². The molecule has 0 amide bonds. The SMILES string of the molecule is CC(=O)c1cccc(S(=O)(=O)NCc2cc(C)nc(N3CCCC3)n2)c1. The molecule has 2 aromatic rings. The molecular formula is C18H22N4O3S. The topological polar surface area (TPSA) is 92.3 Å². The summed E-state index contributed by atoms with van der Waals surface area (Å²) in [6, 6.07) is 7.78. The smallest absolute Gasteiger partial charge is 0.240 e. The van der Waals surface area contributed by atoms with Crippen molar-refractivity contribution in [1.29, 1.82) is 0 Å². The number of aryl methyl sites for hydroxylation is 1. The summed E-state index contributed by atoms with van der Waals surface area (Å²) in [4.78, 5) is 22.6. The molecule has 1 N–H and O–H groups in total. The molecule has 1 aromatic carbocycles. The highest BCUT2D eigenvalue weighted by atomic mass is 32.2. The maximum Gasteiger partial charge on any atom is 0.240 e. The number of hydrogen-bond donors (Lipinski definition) is 1. The molecule has 1 aliphatic heterocycles. The molecule has 8 heteroatoms. The molecule has 0 spiro atoms. The van der Waals surface area contributed by atoms with Crippen LogP contribution in [0.5, 0.6) is 0 Å². The number of rotatable bonds is 6. The summed E-state index contributed by atoms with van der Waals surface area (Å²) in [5.41, 5.74) is 1.78. The third-order valence-corrected chi connectivity index (χ3v) is 5.68. The maximum atomic E-state index is 12.5. The molecule has 1 aromatic heterocycles. The molecule has 0 bridgehead atoms. The first-order chi connectivity index (χ1) is 12.3. The van der Waals surface area contributed by atoms with Gasteiger partial charge in [-0.15, -0.1) is 0 Å². The van der Waals surface area contributed by atoms with E-state index in [2.05, 4.69) is 19.6 Å². The third kappa shape index (κ3) is 4.25. The van der Waals surface area contributed by atoms with Gasteiger partial charge in [-0.05, 0) is 44.9 Å². The van der Waals surface area contributed by atoms with E-state index in [4.69, 9.17) is 0 Å². The number of aromatic nitrogens is 2. The molecule has 3 rings (SSSR count). The predicted octanol–water partition coefficient (Wildman–Crippen LogP) is 2.07. The van der Waals surface area contributed by atoms with Gasteiger partial charge in [0.2, 0.25) is 16.0 Å². The second-order valence-corrected chi connectivity index (χ2v) is 8.17. The highest BCUT2D eigenvalue weighted by Crippen LogP contribution is 2.17. The zero-order chi connectivity index (χ0) is 18.7. The van der Waals surface area contributed by atoms with Gasteiger partial charge in [0.1, 0.15) is 0 Å². The van der Waals surface area contributed by atoms with Gasteiger partial charge in [0.05, 0.1) is 17.1 Å². The van der Waals surface area contributed by atoms with Gasteiger partial charge >= 0.3 is 0 Å². The van der Waals surface area contributed by atoms with Crippen LogP contribution in [0.15, 0.2) is 35.2 Å². The van der Waals surface area contributed by atoms with E-state index in [0.29, 0.717) is 17.2 Å². The average molecular weight is 374 g/mol. The summed E-state index contributed by atoms with van der Waals surface area (Å²) < 4.78 is 27.6. The molecule has 7 nitrogen and oxygen atoms in total. The molecule has 26 heavy (non-hydrogen) atoms. The number of anilines is 1. The minimum absolute atomic E-state index is 0.0655. The zero-order valence-corrected chi connectivity index (χ0v) is 15.7. The van der Waals surface area contributed by atoms with Crippen LogP contribution < -0.4 is 9.62 Å². The van der Waals surface area contributed by atoms with Crippen molar-refractivity contribution >= 4 is 21.8 Å². The Balaban J connectivity index is 1.77. The van der Waals surface area contributed by atoms with Crippen LogP contribution in [0.4, 0.5) is 5.95 Å². The number of sulfonamides is 1. The molecule has 0 aliphatic carbocycles. The van der Waals surface area contributed by atoms with Gasteiger partial charge in [0.15, 0.2) is 5.78 Å². The van der Waals surface area contributed by atoms with Gasteiger partial charge < -0.3 is 4.90 Å². The van der Waals surface area contributed by atoms with E-state index >= 15 is 0 Å². The van der Waals surface area contributed by atoms with Gasteiger partial charge in [-0.3, -0.25) is 4.79 Å². The minimum Gasteiger partial charge on any atom is -0.341 e. The van der Waals surface area contributed by atoms with E-state index in [1.54, 1.807) is 18.2 Å². The highest BCUT2D eigenvalue weighted by molar-refractivity contribution is 7.89. The van der Waals surface area contributed by atoms with E-state index in [0.717, 1.165) is 31.6 Å². The van der Waals surface area contributed by atoms with E-state index in [1.807, 2.05) is 6.92 Å². The lowest BCUT2D eigenvalue weighted by Crippen LogP contribution is -2.25. The van der Waals surface area contributed by atoms with E-state index in [1.165, 1.54) is 19.1 Å². The second-order valence-electron chi connectivity index (χ2n) is 6.40. The molecule has 0 saturated carbocycles. The summed E-state index contributed by atoms with van der Waals surface area (Å²) >= 11 is 0. The number of nitrogens with one attached hydrogen (secondary N) is 1. The quantitative estimate of drug-likeness (QED) is 0.778. The molecule has 1 saturated heterocycles. The zero-order valence-electron chi connectivity index (χ0n) is 14.9. The molecule has 1 aliphatic rings. The summed E-state index contributed by atoms with van der Waals surface area (Å²) in [6.45, 7) is 5.19. The van der Waals surface area contributed by atoms with Gasteiger partial charge in [-0.25, -0.2) is 23.1 Å². The molecular weight excluding hydrogens is 352 g/mol. The van der Waals surface area contributed by atoms with Crippen molar-refractivity contribution in [3.63, 3.8) is 0 Å². The first-order valence-electron chi connectivity index (χ1n) is 8.55. The van der Waals surface area contributed by atoms with Gasteiger partial charge in [-0.2, -0.15) is 0 Å². The van der Waals surface area contributed by atoms with E-state index in [-0.39, 0.29) is 17.2 Å². The largest absolute Gasteiger partial charge is 0.341 e. The van der Waals surface area contributed by atoms with Crippen LogP contribution in [0.2, 0.25) is 0 Å². The first kappa shape index (κ1) is 18.5. The monoisotopic (exact) mass is 374 g/mol. The van der Waals surface area contributed by atoms with Crippen molar-refractivity contribution in [2.24, 2.45) is 0 Å². The summed E-state index contributed by atoms with van der Waals surface area (Å²) in [6.07, 6.45) is 2.23. The van der Waals surface area contributed by atoms with Crippen LogP contribution in [-0.4, -0.2) is 37.3 Å². The Labute approximate surface area is 153 Å². The Kier molecular flexibility index (Phi) is 5.33. The second kappa shape index (κ2) is 7.51. The molecule has 0 radical (unpaired) electrons. The fourth-order valence-electron chi connectivity index (χ4n) is 2.90. The molecule has 0 atom stereocenters. The van der Waals surface area contributed by atoms with Crippen molar-refractivity contribution in [1.82, 2.24) is 14.7 Å². The lowest BCUT2D eigenvalue weighted by atomic mass is 10.2. The third-order valence-electron chi connectivity index (χ3n) is 4.28. The minimum atomic E-state index is -3.74. The Morgan fingerprint density at radius 2 is 1.92 bits per heavy atom. The Morgan fingerprint density at radius 1 is 1.19 bits per heavy atom. The maximum absolute atomic E-state index is 12.5. The van der Waals surface area contributed by atoms with Gasteiger partial charge in [-0.1, -0.05) is 12.1 Å². The number of hydrogen-bond acceptors (Lipinski definition) is 6. The summed E-state index contributed by atoms with van der Waals surface area (Å²) in [5, 5.41) is 0. The molecule has 138 valence electrons. The van der Waals surface area contributed by atoms with Crippen molar-refractivity contribution in [3.8, 4) is 0 Å². The standard InChI is InChI=1S/C18H22N4O3S/c1-13-10-16(21-18(20-13)22-8-3-4-9-22)12-19-26(24,25)17-7-5-6-15(11-17)14(2)23/h5-7,10-11,19H,3-4,8-9,12H2,1-2H3. The lowest BCUT2D eigenvalue weighted by Gasteiger charge is -2.16. The molecule has 0 unspecified atom stereocenters. The predicted molar refractivity (Wildman–Crippen MR) is 98.7 cm³/mol. The van der Waals surface area contributed by atoms with Crippen LogP contribution in [0, 0.1) is 6.92 Å². The Hall–Kier alpha value is -2.32. The number of ketones is 1. The number of carbonyl (C=O) groups is 1. The number of nitrogens with zero attached hydrogens (tertiary/aromatic N) is 3. The fraction of sp³-hybridized carbons (Fsp3) is 0.389. The average Bonchev–Trinajstić information content (AvgIpc) is 3.14. The Bertz CT molecular complexity index is 922. The number of benzene rings is 1. The fourth-order valence-corrected chi connectivity index (χ4v) is 3.94. The number of Topliss-reactive ketones (excluding diaryl/α,β-unsaturated/α-hetero) is 1. The van der Waals surface area contributed by atoms with E-state index < -0.39 is 10.0 Å². The van der Waals surface area contributed by atoms with Gasteiger partial charge in [0.25, 0.3) is 0 Å². The van der Waals surface area contributed by atoms with Crippen molar-refractivity contribution in [3.05, 3.63) is 47.3 Å². The van der Waals surface area contributed by atoms with Gasteiger partial charge in [0, 0.05) is 24.3 Å². The lowest BCUT2D eigenvalue weighted by molar-refractivity contribution is 0.101.